The Hall–Kier alpha value is -2.21. The van der Waals surface area contributed by atoms with Crippen molar-refractivity contribution < 1.29 is 9.53 Å². The molecule has 1 fully saturated rings. The summed E-state index contributed by atoms with van der Waals surface area (Å²) in [5.41, 5.74) is 1.06. The number of aromatic nitrogens is 3. The topological polar surface area (TPSA) is 69.0 Å². The van der Waals surface area contributed by atoms with Gasteiger partial charge in [-0.15, -0.1) is 5.10 Å². The van der Waals surface area contributed by atoms with E-state index in [9.17, 15) is 4.79 Å². The Morgan fingerprint density at radius 1 is 1.32 bits per heavy atom. The maximum atomic E-state index is 12.8. The molecule has 2 unspecified atom stereocenters. The van der Waals surface area contributed by atoms with Gasteiger partial charge in [0.15, 0.2) is 0 Å². The summed E-state index contributed by atoms with van der Waals surface area (Å²) in [6, 6.07) is 9.80. The van der Waals surface area contributed by atoms with Gasteiger partial charge in [-0.05, 0) is 38.3 Å². The first-order valence-electron chi connectivity index (χ1n) is 8.80. The molecule has 25 heavy (non-hydrogen) atoms. The zero-order valence-electron chi connectivity index (χ0n) is 15.3. The zero-order valence-corrected chi connectivity index (χ0v) is 15.3. The molecule has 134 valence electrons. The highest BCUT2D eigenvalue weighted by Gasteiger charge is 2.38. The van der Waals surface area contributed by atoms with Crippen LogP contribution in [0, 0.1) is 11.8 Å². The molecule has 1 aliphatic rings. The lowest BCUT2D eigenvalue weighted by Gasteiger charge is -2.28. The fourth-order valence-electron chi connectivity index (χ4n) is 3.27. The largest absolute Gasteiger partial charge is 0.377 e. The monoisotopic (exact) mass is 342 g/mol. The second-order valence-corrected chi connectivity index (χ2v) is 7.47. The summed E-state index contributed by atoms with van der Waals surface area (Å²) in [5, 5.41) is 11.6. The summed E-state index contributed by atoms with van der Waals surface area (Å²) in [6.45, 7) is 8.72. The van der Waals surface area contributed by atoms with Crippen molar-refractivity contribution in [3.05, 3.63) is 42.2 Å². The molecule has 1 aliphatic heterocycles. The number of para-hydroxylation sites is 1. The molecular weight excluding hydrogens is 316 g/mol. The van der Waals surface area contributed by atoms with Crippen molar-refractivity contribution in [2.24, 2.45) is 11.8 Å². The number of benzene rings is 1. The van der Waals surface area contributed by atoms with Crippen LogP contribution >= 0.6 is 0 Å². The Morgan fingerprint density at radius 3 is 2.72 bits per heavy atom. The third-order valence-corrected chi connectivity index (χ3v) is 4.72. The van der Waals surface area contributed by atoms with E-state index in [0.29, 0.717) is 12.5 Å². The average Bonchev–Trinajstić information content (AvgIpc) is 3.25. The molecule has 1 saturated heterocycles. The van der Waals surface area contributed by atoms with Crippen LogP contribution in [-0.2, 0) is 15.1 Å². The number of amides is 1. The van der Waals surface area contributed by atoms with Crippen molar-refractivity contribution in [1.29, 1.82) is 0 Å². The van der Waals surface area contributed by atoms with Crippen molar-refractivity contribution in [3.8, 4) is 5.69 Å². The second kappa shape index (κ2) is 6.96. The van der Waals surface area contributed by atoms with E-state index in [0.717, 1.165) is 17.8 Å². The highest BCUT2D eigenvalue weighted by molar-refractivity contribution is 5.80. The molecule has 0 saturated carbocycles. The van der Waals surface area contributed by atoms with Crippen molar-refractivity contribution in [2.75, 3.05) is 6.61 Å². The molecule has 1 N–H and O–H groups in total. The van der Waals surface area contributed by atoms with Gasteiger partial charge in [0.1, 0.15) is 5.69 Å². The molecule has 1 aromatic heterocycles. The van der Waals surface area contributed by atoms with Gasteiger partial charge in [-0.3, -0.25) is 4.79 Å². The molecule has 2 aromatic rings. The Morgan fingerprint density at radius 2 is 2.04 bits per heavy atom. The summed E-state index contributed by atoms with van der Waals surface area (Å²) < 4.78 is 7.46. The molecule has 6 nitrogen and oxygen atoms in total. The van der Waals surface area contributed by atoms with Gasteiger partial charge in [0.25, 0.3) is 0 Å². The first kappa shape index (κ1) is 17.6. The number of carbonyl (C=O) groups is 1. The maximum Gasteiger partial charge on any atom is 0.226 e. The summed E-state index contributed by atoms with van der Waals surface area (Å²) in [7, 11) is 0. The lowest BCUT2D eigenvalue weighted by atomic mass is 9.90. The van der Waals surface area contributed by atoms with Crippen LogP contribution in [0.2, 0.25) is 0 Å². The molecule has 1 aromatic carbocycles. The van der Waals surface area contributed by atoms with Gasteiger partial charge in [-0.1, -0.05) is 37.3 Å². The number of nitrogens with one attached hydrogen (secondary N) is 1. The first-order valence-corrected chi connectivity index (χ1v) is 8.80. The number of carbonyl (C=O) groups excluding carboxylic acids is 1. The van der Waals surface area contributed by atoms with Crippen molar-refractivity contribution in [3.63, 3.8) is 0 Å². The van der Waals surface area contributed by atoms with Crippen LogP contribution < -0.4 is 5.32 Å². The van der Waals surface area contributed by atoms with E-state index in [1.54, 1.807) is 4.68 Å². The third-order valence-electron chi connectivity index (χ3n) is 4.72. The van der Waals surface area contributed by atoms with Crippen LogP contribution in [0.25, 0.3) is 5.69 Å². The minimum absolute atomic E-state index is 0.0178. The summed E-state index contributed by atoms with van der Waals surface area (Å²) in [5.74, 6) is 0.235. The van der Waals surface area contributed by atoms with E-state index < -0.39 is 5.54 Å². The first-order chi connectivity index (χ1) is 11.9. The molecule has 0 spiro atoms. The van der Waals surface area contributed by atoms with Crippen LogP contribution in [0.4, 0.5) is 0 Å². The van der Waals surface area contributed by atoms with Crippen LogP contribution in [0.1, 0.15) is 39.8 Å². The molecule has 2 heterocycles. The quantitative estimate of drug-likeness (QED) is 0.907. The zero-order chi connectivity index (χ0) is 18.0. The highest BCUT2D eigenvalue weighted by Crippen LogP contribution is 2.28. The smallest absolute Gasteiger partial charge is 0.226 e. The van der Waals surface area contributed by atoms with Gasteiger partial charge in [0.2, 0.25) is 5.91 Å². The Balaban J connectivity index is 1.74. The fourth-order valence-corrected chi connectivity index (χ4v) is 3.27. The molecular formula is C19H26N4O2. The molecule has 0 radical (unpaired) electrons. The normalized spacial score (nSPS) is 20.8. The van der Waals surface area contributed by atoms with Crippen LogP contribution in [0.5, 0.6) is 0 Å². The van der Waals surface area contributed by atoms with Crippen molar-refractivity contribution in [1.82, 2.24) is 20.3 Å². The average molecular weight is 342 g/mol. The van der Waals surface area contributed by atoms with E-state index in [4.69, 9.17) is 4.74 Å². The van der Waals surface area contributed by atoms with E-state index >= 15 is 0 Å². The van der Waals surface area contributed by atoms with Gasteiger partial charge in [0.05, 0.1) is 29.4 Å². The van der Waals surface area contributed by atoms with Gasteiger partial charge in [-0.2, -0.15) is 0 Å². The lowest BCUT2D eigenvalue weighted by molar-refractivity contribution is -0.129. The number of nitrogens with zero attached hydrogens (tertiary/aromatic N) is 3. The predicted octanol–water partition coefficient (Wildman–Crippen LogP) is 2.68. The number of ether oxygens (including phenoxy) is 1. The van der Waals surface area contributed by atoms with Gasteiger partial charge >= 0.3 is 0 Å². The molecule has 2 atom stereocenters. The molecule has 0 aliphatic carbocycles. The summed E-state index contributed by atoms with van der Waals surface area (Å²) >= 11 is 0. The van der Waals surface area contributed by atoms with Crippen LogP contribution in [0.15, 0.2) is 36.5 Å². The standard InChI is InChI=1S/C19H26N4O2/c1-13(2)17-15(10-11-25-17)18(24)20-19(3,4)16-12-23(22-21-16)14-8-6-5-7-9-14/h5-9,12-13,15,17H,10-11H2,1-4H3,(H,20,24). The predicted molar refractivity (Wildman–Crippen MR) is 95.2 cm³/mol. The Kier molecular flexibility index (Phi) is 4.90. The highest BCUT2D eigenvalue weighted by atomic mass is 16.5. The number of hydrogen-bond donors (Lipinski definition) is 1. The number of rotatable bonds is 5. The lowest BCUT2D eigenvalue weighted by Crippen LogP contribution is -2.46. The van der Waals surface area contributed by atoms with Crippen molar-refractivity contribution in [2.45, 2.75) is 45.8 Å². The van der Waals surface area contributed by atoms with Gasteiger partial charge < -0.3 is 10.1 Å². The van der Waals surface area contributed by atoms with E-state index in [-0.39, 0.29) is 17.9 Å². The van der Waals surface area contributed by atoms with Gasteiger partial charge in [0, 0.05) is 6.61 Å². The second-order valence-electron chi connectivity index (χ2n) is 7.47. The third kappa shape index (κ3) is 3.74. The Bertz CT molecular complexity index is 724. The number of hydrogen-bond acceptors (Lipinski definition) is 4. The fraction of sp³-hybridized carbons (Fsp3) is 0.526. The minimum atomic E-state index is -0.603. The van der Waals surface area contributed by atoms with Crippen molar-refractivity contribution >= 4 is 5.91 Å². The van der Waals surface area contributed by atoms with E-state index in [1.807, 2.05) is 50.4 Å². The van der Waals surface area contributed by atoms with Crippen LogP contribution in [0.3, 0.4) is 0 Å². The molecule has 6 heteroatoms. The minimum Gasteiger partial charge on any atom is -0.377 e. The summed E-state index contributed by atoms with van der Waals surface area (Å²) in [4.78, 5) is 12.8. The molecule has 3 rings (SSSR count). The van der Waals surface area contributed by atoms with E-state index in [2.05, 4.69) is 29.5 Å². The van der Waals surface area contributed by atoms with Gasteiger partial charge in [-0.25, -0.2) is 4.68 Å². The molecule has 0 bridgehead atoms. The Labute approximate surface area is 148 Å². The molecule has 1 amide bonds. The maximum absolute atomic E-state index is 12.8. The van der Waals surface area contributed by atoms with Crippen LogP contribution in [-0.4, -0.2) is 33.6 Å². The summed E-state index contributed by atoms with van der Waals surface area (Å²) in [6.07, 6.45) is 2.61. The SMILES string of the molecule is CC(C)C1OCCC1C(=O)NC(C)(C)c1cn(-c2ccccc2)nn1. The van der Waals surface area contributed by atoms with E-state index in [1.165, 1.54) is 0 Å².